The molecule has 2 N–H and O–H groups in total. The van der Waals surface area contributed by atoms with Gasteiger partial charge in [0.25, 0.3) is 5.91 Å². The minimum atomic E-state index is -3.81. The molecule has 0 radical (unpaired) electrons. The van der Waals surface area contributed by atoms with Crippen LogP contribution in [0.1, 0.15) is 117 Å². The summed E-state index contributed by atoms with van der Waals surface area (Å²) in [5.74, 6) is -2.33. The molecule has 0 bridgehead atoms. The summed E-state index contributed by atoms with van der Waals surface area (Å²) in [7, 11) is -3.81. The topological polar surface area (TPSA) is 128 Å². The summed E-state index contributed by atoms with van der Waals surface area (Å²) >= 11 is 0. The first-order chi connectivity index (χ1) is 24.8. The Kier molecular flexibility index (Phi) is 10.3. The minimum Gasteiger partial charge on any atom is -0.504 e. The maximum atomic E-state index is 14.1. The number of rotatable bonds is 10. The highest BCUT2D eigenvalue weighted by molar-refractivity contribution is 7.54. The molecule has 3 fully saturated rings. The summed E-state index contributed by atoms with van der Waals surface area (Å²) in [6.07, 6.45) is 12.0. The molecular formula is C43H58NO8P. The molecular weight excluding hydrogens is 689 g/mol. The third kappa shape index (κ3) is 6.33. The van der Waals surface area contributed by atoms with E-state index in [-0.39, 0.29) is 52.3 Å². The Bertz CT molecular complexity index is 1870. The van der Waals surface area contributed by atoms with Crippen molar-refractivity contribution in [1.29, 1.82) is 0 Å². The van der Waals surface area contributed by atoms with Crippen LogP contribution >= 0.6 is 7.60 Å². The minimum absolute atomic E-state index is 0.0432. The first-order valence-electron chi connectivity index (χ1n) is 19.3. The molecule has 6 rings (SSSR count). The van der Waals surface area contributed by atoms with Gasteiger partial charge in [-0.15, -0.1) is 0 Å². The van der Waals surface area contributed by atoms with Crippen LogP contribution in [0.5, 0.6) is 0 Å². The number of benzene rings is 1. The highest BCUT2D eigenvalue weighted by Crippen LogP contribution is 2.75. The second-order valence-corrected chi connectivity index (χ2v) is 19.6. The maximum absolute atomic E-state index is 14.1. The molecule has 9 nitrogen and oxygen atoms in total. The Morgan fingerprint density at radius 1 is 0.925 bits per heavy atom. The Morgan fingerprint density at radius 3 is 2.21 bits per heavy atom. The van der Waals surface area contributed by atoms with E-state index in [9.17, 15) is 24.1 Å². The Labute approximate surface area is 315 Å². The van der Waals surface area contributed by atoms with E-state index >= 15 is 0 Å². The summed E-state index contributed by atoms with van der Waals surface area (Å²) in [6.45, 7) is 18.4. The molecule has 7 atom stereocenters. The molecule has 5 aliphatic carbocycles. The van der Waals surface area contributed by atoms with Crippen LogP contribution in [0.3, 0.4) is 0 Å². The molecule has 0 aliphatic heterocycles. The fourth-order valence-corrected chi connectivity index (χ4v) is 12.7. The SMILES string of the molecule is CCOP(=O)(OCC)C(NC(=O)COC(=O)[C@]1(C)CC[C@]2(C)CC[C@]3(C)C4=CC=C5C(=CC(=O)C(O)=C5C)[C@]4(C)CC[C@@]3(C)[C@@H]2C1)c1ccc(C)cc1. The van der Waals surface area contributed by atoms with Crippen molar-refractivity contribution in [1.82, 2.24) is 5.32 Å². The van der Waals surface area contributed by atoms with Crippen LogP contribution in [0.4, 0.5) is 0 Å². The van der Waals surface area contributed by atoms with Gasteiger partial charge < -0.3 is 24.2 Å². The number of aliphatic hydroxyl groups excluding tert-OH is 1. The zero-order chi connectivity index (χ0) is 38.8. The van der Waals surface area contributed by atoms with Gasteiger partial charge in [0.05, 0.1) is 18.6 Å². The number of hydrogen-bond donors (Lipinski definition) is 2. The molecule has 1 unspecified atom stereocenters. The van der Waals surface area contributed by atoms with Crippen molar-refractivity contribution in [2.45, 2.75) is 113 Å². The number of hydrogen-bond acceptors (Lipinski definition) is 8. The molecule has 1 aromatic carbocycles. The van der Waals surface area contributed by atoms with E-state index in [0.29, 0.717) is 24.0 Å². The molecule has 1 aromatic rings. The number of carbonyl (C=O) groups is 3. The normalized spacial score (nSPS) is 34.3. The summed E-state index contributed by atoms with van der Waals surface area (Å²) in [5, 5.41) is 13.3. The van der Waals surface area contributed by atoms with Crippen molar-refractivity contribution < 1.29 is 37.8 Å². The lowest BCUT2D eigenvalue weighted by molar-refractivity contribution is -0.183. The molecule has 10 heteroatoms. The molecule has 0 saturated heterocycles. The van der Waals surface area contributed by atoms with Gasteiger partial charge in [-0.3, -0.25) is 18.9 Å². The second kappa shape index (κ2) is 13.8. The van der Waals surface area contributed by atoms with Gasteiger partial charge in [-0.1, -0.05) is 75.2 Å². The molecule has 5 aliphatic rings. The summed E-state index contributed by atoms with van der Waals surface area (Å²) in [6, 6.07) is 7.32. The van der Waals surface area contributed by atoms with Crippen LogP contribution < -0.4 is 5.32 Å². The van der Waals surface area contributed by atoms with Crippen LogP contribution in [0.2, 0.25) is 0 Å². The second-order valence-electron chi connectivity index (χ2n) is 17.4. The number of esters is 1. The van der Waals surface area contributed by atoms with Crippen LogP contribution in [-0.2, 0) is 32.7 Å². The van der Waals surface area contributed by atoms with Gasteiger partial charge in [0.15, 0.2) is 18.1 Å². The number of ether oxygens (including phenoxy) is 1. The number of nitrogens with one attached hydrogen (secondary N) is 1. The number of fused-ring (bicyclic) bond motifs is 7. The van der Waals surface area contributed by atoms with Gasteiger partial charge in [0.2, 0.25) is 5.78 Å². The van der Waals surface area contributed by atoms with Gasteiger partial charge in [-0.25, -0.2) is 0 Å². The summed E-state index contributed by atoms with van der Waals surface area (Å²) < 4.78 is 31.0. The van der Waals surface area contributed by atoms with E-state index in [2.05, 4.69) is 45.2 Å². The van der Waals surface area contributed by atoms with E-state index < -0.39 is 37.3 Å². The van der Waals surface area contributed by atoms with Gasteiger partial charge in [-0.2, -0.15) is 0 Å². The highest BCUT2D eigenvalue weighted by Gasteiger charge is 2.67. The largest absolute Gasteiger partial charge is 0.504 e. The van der Waals surface area contributed by atoms with Crippen molar-refractivity contribution in [3.63, 3.8) is 0 Å². The van der Waals surface area contributed by atoms with Crippen molar-refractivity contribution in [3.05, 3.63) is 81.7 Å². The lowest BCUT2D eigenvalue weighted by Gasteiger charge is -2.70. The Balaban J connectivity index is 1.22. The fraction of sp³-hybridized carbons (Fsp3) is 0.605. The maximum Gasteiger partial charge on any atom is 0.357 e. The number of allylic oxidation sites excluding steroid dienone is 7. The first kappa shape index (κ1) is 39.4. The average molecular weight is 748 g/mol. The predicted molar refractivity (Wildman–Crippen MR) is 205 cm³/mol. The highest BCUT2D eigenvalue weighted by atomic mass is 31.2. The number of aliphatic hydroxyl groups is 1. The monoisotopic (exact) mass is 747 g/mol. The van der Waals surface area contributed by atoms with Crippen LogP contribution in [0.25, 0.3) is 0 Å². The summed E-state index contributed by atoms with van der Waals surface area (Å²) in [5.41, 5.74) is 4.11. The van der Waals surface area contributed by atoms with Gasteiger partial charge in [0, 0.05) is 11.0 Å². The molecule has 53 heavy (non-hydrogen) atoms. The van der Waals surface area contributed by atoms with Crippen molar-refractivity contribution >= 4 is 25.3 Å². The summed E-state index contributed by atoms with van der Waals surface area (Å²) in [4.78, 5) is 40.4. The lowest BCUT2D eigenvalue weighted by Crippen LogP contribution is -2.62. The molecule has 0 aromatic heterocycles. The number of amides is 1. The van der Waals surface area contributed by atoms with Gasteiger partial charge in [-0.05, 0) is 125 Å². The third-order valence-corrected chi connectivity index (χ3v) is 16.6. The fourth-order valence-electron chi connectivity index (χ4n) is 10.8. The molecule has 0 heterocycles. The standard InChI is InChI=1S/C43H58NO8P/c1-10-51-53(49,52-11-2)37(29-14-12-27(3)13-15-29)44-35(46)26-50-38(48)40(6)19-18-39(5)20-22-42(8)33-17-16-30-28(4)36(47)32(45)24-31(30)41(33,7)21-23-43(42,9)34(39)25-40/h12-17,24,34,37,47H,10-11,18-23,25-26H2,1-9H3,(H,44,46)/t34-,37?,39-,40-,41+,42-,43+/m1/s1. The van der Waals surface area contributed by atoms with Crippen LogP contribution in [-0.4, -0.2) is 42.6 Å². The average Bonchev–Trinajstić information content (AvgIpc) is 3.11. The zero-order valence-electron chi connectivity index (χ0n) is 33.0. The number of aryl methyl sites for hydroxylation is 1. The predicted octanol–water partition coefficient (Wildman–Crippen LogP) is 9.55. The van der Waals surface area contributed by atoms with Crippen molar-refractivity contribution in [2.24, 2.45) is 33.0 Å². The van der Waals surface area contributed by atoms with Crippen molar-refractivity contribution in [3.8, 4) is 0 Å². The van der Waals surface area contributed by atoms with Crippen LogP contribution in [0.15, 0.2) is 70.5 Å². The number of carbonyl (C=O) groups excluding carboxylic acids is 3. The first-order valence-corrected chi connectivity index (χ1v) is 20.9. The van der Waals surface area contributed by atoms with E-state index in [0.717, 1.165) is 48.8 Å². The molecule has 0 spiro atoms. The van der Waals surface area contributed by atoms with Gasteiger partial charge in [0.1, 0.15) is 0 Å². The van der Waals surface area contributed by atoms with Gasteiger partial charge >= 0.3 is 13.6 Å². The van der Waals surface area contributed by atoms with E-state index in [1.807, 2.05) is 32.9 Å². The molecule has 1 amide bonds. The number of ketones is 1. The lowest BCUT2D eigenvalue weighted by atomic mass is 9.34. The van der Waals surface area contributed by atoms with E-state index in [4.69, 9.17) is 13.8 Å². The molecule has 3 saturated carbocycles. The quantitative estimate of drug-likeness (QED) is 0.179. The van der Waals surface area contributed by atoms with E-state index in [1.165, 1.54) is 5.57 Å². The smallest absolute Gasteiger partial charge is 0.357 e. The third-order valence-electron chi connectivity index (χ3n) is 14.3. The van der Waals surface area contributed by atoms with Crippen molar-refractivity contribution in [2.75, 3.05) is 19.8 Å². The van der Waals surface area contributed by atoms with E-state index in [1.54, 1.807) is 32.1 Å². The Morgan fingerprint density at radius 2 is 1.57 bits per heavy atom. The zero-order valence-corrected chi connectivity index (χ0v) is 33.9. The van der Waals surface area contributed by atoms with Crippen LogP contribution in [0, 0.1) is 39.9 Å². The Hall–Kier alpha value is -3.26. The molecule has 288 valence electrons.